The third kappa shape index (κ3) is 2.27. The molecule has 6 heteroatoms. The number of aromatic nitrogens is 2. The van der Waals surface area contributed by atoms with Crippen LogP contribution in [0.4, 0.5) is 0 Å². The van der Waals surface area contributed by atoms with Gasteiger partial charge in [-0.05, 0) is 18.8 Å². The third-order valence-electron chi connectivity index (χ3n) is 2.93. The molecule has 0 radical (unpaired) electrons. The second-order valence-electron chi connectivity index (χ2n) is 4.44. The van der Waals surface area contributed by atoms with Crippen molar-refractivity contribution in [3.63, 3.8) is 0 Å². The van der Waals surface area contributed by atoms with Crippen molar-refractivity contribution in [2.45, 2.75) is 44.2 Å². The zero-order valence-electron chi connectivity index (χ0n) is 9.53. The van der Waals surface area contributed by atoms with Crippen molar-refractivity contribution in [1.82, 2.24) is 14.7 Å². The lowest BCUT2D eigenvalue weighted by Gasteiger charge is -2.32. The summed E-state index contributed by atoms with van der Waals surface area (Å²) in [5.74, 6) is 1.32. The number of nitrogens with zero attached hydrogens (tertiary/aromatic N) is 1. The molecule has 1 aromatic rings. The van der Waals surface area contributed by atoms with E-state index in [1.807, 2.05) is 6.92 Å². The molecule has 1 aromatic heterocycles. The molecular formula is C10H17N3O2S. The lowest BCUT2D eigenvalue weighted by atomic mass is 9.83. The first kappa shape index (κ1) is 11.6. The first-order chi connectivity index (χ1) is 7.51. The Kier molecular flexibility index (Phi) is 3.03. The van der Waals surface area contributed by atoms with Gasteiger partial charge < -0.3 is 4.98 Å². The maximum Gasteiger partial charge on any atom is 0.257 e. The fraction of sp³-hybridized carbons (Fsp3) is 0.700. The van der Waals surface area contributed by atoms with Crippen LogP contribution in [0.25, 0.3) is 0 Å². The van der Waals surface area contributed by atoms with Crippen LogP contribution in [0.15, 0.2) is 11.2 Å². The van der Waals surface area contributed by atoms with E-state index >= 15 is 0 Å². The molecule has 5 nitrogen and oxygen atoms in total. The van der Waals surface area contributed by atoms with Crippen LogP contribution in [0.2, 0.25) is 0 Å². The number of aromatic amines is 1. The Labute approximate surface area is 95.7 Å². The molecule has 1 heterocycles. The molecule has 0 saturated heterocycles. The van der Waals surface area contributed by atoms with E-state index < -0.39 is 10.0 Å². The molecule has 1 aliphatic carbocycles. The standard InChI is InChI=1S/C10H17N3O2S/c1-3-9-11-6-10(12-9)16(14,15)13-8-4-7(2)5-8/h6-8,13H,3-5H2,1-2H3,(H,11,12). The van der Waals surface area contributed by atoms with Crippen molar-refractivity contribution in [2.24, 2.45) is 5.92 Å². The van der Waals surface area contributed by atoms with E-state index in [-0.39, 0.29) is 11.1 Å². The van der Waals surface area contributed by atoms with Gasteiger partial charge in [-0.25, -0.2) is 18.1 Å². The first-order valence-corrected chi connectivity index (χ1v) is 7.05. The summed E-state index contributed by atoms with van der Waals surface area (Å²) in [5, 5.41) is 0.170. The molecule has 90 valence electrons. The summed E-state index contributed by atoms with van der Waals surface area (Å²) in [5.41, 5.74) is 0. The number of aryl methyl sites for hydroxylation is 1. The van der Waals surface area contributed by atoms with Gasteiger partial charge in [-0.3, -0.25) is 0 Å². The molecule has 16 heavy (non-hydrogen) atoms. The molecular weight excluding hydrogens is 226 g/mol. The Morgan fingerprint density at radius 2 is 2.25 bits per heavy atom. The van der Waals surface area contributed by atoms with Crippen LogP contribution >= 0.6 is 0 Å². The van der Waals surface area contributed by atoms with E-state index in [0.717, 1.165) is 12.8 Å². The summed E-state index contributed by atoms with van der Waals surface area (Å²) in [4.78, 5) is 6.80. The van der Waals surface area contributed by atoms with Crippen molar-refractivity contribution in [3.8, 4) is 0 Å². The topological polar surface area (TPSA) is 74.8 Å². The molecule has 0 bridgehead atoms. The van der Waals surface area contributed by atoms with Crippen molar-refractivity contribution < 1.29 is 8.42 Å². The number of rotatable bonds is 4. The van der Waals surface area contributed by atoms with Gasteiger partial charge >= 0.3 is 0 Å². The number of sulfonamides is 1. The zero-order valence-corrected chi connectivity index (χ0v) is 10.3. The largest absolute Gasteiger partial charge is 0.332 e. The Balaban J connectivity index is 2.06. The summed E-state index contributed by atoms with van der Waals surface area (Å²) in [6.45, 7) is 4.05. The Morgan fingerprint density at radius 1 is 1.56 bits per heavy atom. The molecule has 2 N–H and O–H groups in total. The van der Waals surface area contributed by atoms with Gasteiger partial charge in [-0.1, -0.05) is 13.8 Å². The monoisotopic (exact) mass is 243 g/mol. The van der Waals surface area contributed by atoms with Gasteiger partial charge in [-0.15, -0.1) is 0 Å². The van der Waals surface area contributed by atoms with E-state index in [1.165, 1.54) is 6.20 Å². The summed E-state index contributed by atoms with van der Waals surface area (Å²) in [6, 6.07) is 0.0911. The van der Waals surface area contributed by atoms with Gasteiger partial charge in [0.05, 0.1) is 6.20 Å². The minimum absolute atomic E-state index is 0.0911. The van der Waals surface area contributed by atoms with Crippen LogP contribution in [0.1, 0.15) is 32.5 Å². The summed E-state index contributed by atoms with van der Waals surface area (Å²) in [7, 11) is -3.40. The second-order valence-corrected chi connectivity index (χ2v) is 6.12. The molecule has 0 aromatic carbocycles. The second kappa shape index (κ2) is 4.18. The van der Waals surface area contributed by atoms with Gasteiger partial charge in [-0.2, -0.15) is 0 Å². The maximum absolute atomic E-state index is 11.9. The molecule has 1 fully saturated rings. The minimum Gasteiger partial charge on any atom is -0.332 e. The molecule has 0 spiro atoms. The highest BCUT2D eigenvalue weighted by molar-refractivity contribution is 7.89. The van der Waals surface area contributed by atoms with E-state index in [0.29, 0.717) is 18.2 Å². The van der Waals surface area contributed by atoms with Crippen LogP contribution < -0.4 is 4.72 Å². The zero-order chi connectivity index (χ0) is 11.8. The highest BCUT2D eigenvalue weighted by Crippen LogP contribution is 2.27. The van der Waals surface area contributed by atoms with E-state index in [1.54, 1.807) is 0 Å². The highest BCUT2D eigenvalue weighted by atomic mass is 32.2. The van der Waals surface area contributed by atoms with E-state index in [9.17, 15) is 8.42 Å². The van der Waals surface area contributed by atoms with Crippen molar-refractivity contribution in [3.05, 3.63) is 12.0 Å². The van der Waals surface area contributed by atoms with Crippen molar-refractivity contribution in [2.75, 3.05) is 0 Å². The number of H-pyrrole nitrogens is 1. The average molecular weight is 243 g/mol. The molecule has 1 saturated carbocycles. The van der Waals surface area contributed by atoms with E-state index in [2.05, 4.69) is 21.6 Å². The first-order valence-electron chi connectivity index (χ1n) is 5.57. The third-order valence-corrected chi connectivity index (χ3v) is 4.36. The molecule has 2 rings (SSSR count). The fourth-order valence-electron chi connectivity index (χ4n) is 1.94. The minimum atomic E-state index is -3.40. The smallest absolute Gasteiger partial charge is 0.257 e. The van der Waals surface area contributed by atoms with Crippen LogP contribution in [0, 0.1) is 5.92 Å². The SMILES string of the molecule is CCc1ncc(S(=O)(=O)NC2CC(C)C2)[nH]1. The van der Waals surface area contributed by atoms with Crippen LogP contribution in [0.3, 0.4) is 0 Å². The average Bonchev–Trinajstić information content (AvgIpc) is 2.63. The van der Waals surface area contributed by atoms with Gasteiger partial charge in [0.25, 0.3) is 10.0 Å². The van der Waals surface area contributed by atoms with Gasteiger partial charge in [0.15, 0.2) is 5.03 Å². The molecule has 1 aliphatic rings. The molecule has 0 aliphatic heterocycles. The lowest BCUT2D eigenvalue weighted by molar-refractivity contribution is 0.270. The normalized spacial score (nSPS) is 25.4. The van der Waals surface area contributed by atoms with Crippen LogP contribution in [0.5, 0.6) is 0 Å². The number of nitrogens with one attached hydrogen (secondary N) is 2. The maximum atomic E-state index is 11.9. The number of imidazole rings is 1. The summed E-state index contributed by atoms with van der Waals surface area (Å²) in [6.07, 6.45) is 3.93. The quantitative estimate of drug-likeness (QED) is 0.830. The molecule has 0 amide bonds. The highest BCUT2D eigenvalue weighted by Gasteiger charge is 2.30. The van der Waals surface area contributed by atoms with Crippen molar-refractivity contribution >= 4 is 10.0 Å². The Hall–Kier alpha value is -0.880. The predicted molar refractivity (Wildman–Crippen MR) is 60.5 cm³/mol. The van der Waals surface area contributed by atoms with E-state index in [4.69, 9.17) is 0 Å². The lowest BCUT2D eigenvalue weighted by Crippen LogP contribution is -2.43. The predicted octanol–water partition coefficient (Wildman–Crippen LogP) is 1.05. The van der Waals surface area contributed by atoms with Gasteiger partial charge in [0.2, 0.25) is 0 Å². The molecule has 0 atom stereocenters. The summed E-state index contributed by atoms with van der Waals surface area (Å²) < 4.78 is 26.5. The van der Waals surface area contributed by atoms with Gasteiger partial charge in [0.1, 0.15) is 5.82 Å². The van der Waals surface area contributed by atoms with Crippen LogP contribution in [-0.4, -0.2) is 24.4 Å². The Bertz CT molecular complexity index is 460. The fourth-order valence-corrected chi connectivity index (χ4v) is 3.14. The number of hydrogen-bond donors (Lipinski definition) is 2. The van der Waals surface area contributed by atoms with Crippen molar-refractivity contribution in [1.29, 1.82) is 0 Å². The number of hydrogen-bond acceptors (Lipinski definition) is 3. The van der Waals surface area contributed by atoms with Crippen LogP contribution in [-0.2, 0) is 16.4 Å². The molecule has 0 unspecified atom stereocenters. The summed E-state index contributed by atoms with van der Waals surface area (Å²) >= 11 is 0. The van der Waals surface area contributed by atoms with Gasteiger partial charge in [0, 0.05) is 12.5 Å². The Morgan fingerprint density at radius 3 is 2.75 bits per heavy atom.